The topological polar surface area (TPSA) is 56.5 Å². The van der Waals surface area contributed by atoms with Crippen LogP contribution in [0.15, 0.2) is 18.6 Å². The lowest BCUT2D eigenvalue weighted by Gasteiger charge is -1.98. The average Bonchev–Trinajstić information content (AvgIpc) is 2.51. The normalized spacial score (nSPS) is 10.3. The second-order valence-electron chi connectivity index (χ2n) is 2.42. The van der Waals surface area contributed by atoms with Crippen LogP contribution in [0.25, 0.3) is 11.5 Å². The average molecular weight is 196 g/mol. The molecule has 0 N–H and O–H groups in total. The Morgan fingerprint density at radius 3 is 2.85 bits per heavy atom. The molecule has 5 nitrogen and oxygen atoms in total. The second kappa shape index (κ2) is 3.10. The van der Waals surface area contributed by atoms with Crippen molar-refractivity contribution < 1.29 is 0 Å². The second-order valence-corrected chi connectivity index (χ2v) is 2.76. The van der Waals surface area contributed by atoms with E-state index in [1.165, 1.54) is 6.33 Å². The van der Waals surface area contributed by atoms with E-state index in [0.29, 0.717) is 11.5 Å². The van der Waals surface area contributed by atoms with Gasteiger partial charge in [-0.05, 0) is 17.7 Å². The van der Waals surface area contributed by atoms with Crippen LogP contribution in [0.5, 0.6) is 0 Å². The van der Waals surface area contributed by atoms with Crippen LogP contribution in [-0.4, -0.2) is 24.7 Å². The zero-order valence-electron chi connectivity index (χ0n) is 6.85. The number of hydrogen-bond donors (Lipinski definition) is 0. The summed E-state index contributed by atoms with van der Waals surface area (Å²) >= 11 is 5.63. The Bertz CT molecular complexity index is 424. The quantitative estimate of drug-likeness (QED) is 0.636. The maximum Gasteiger partial charge on any atom is 0.222 e. The fraction of sp³-hybridized carbons (Fsp3) is 0.143. The van der Waals surface area contributed by atoms with Gasteiger partial charge in [0.2, 0.25) is 5.28 Å². The van der Waals surface area contributed by atoms with Crippen molar-refractivity contribution in [3.8, 4) is 11.5 Å². The molecule has 0 aromatic carbocycles. The molecular weight excluding hydrogens is 190 g/mol. The first-order valence-electron chi connectivity index (χ1n) is 3.60. The number of halogens is 1. The van der Waals surface area contributed by atoms with Crippen molar-refractivity contribution in [3.05, 3.63) is 23.9 Å². The van der Waals surface area contributed by atoms with Crippen molar-refractivity contribution in [1.82, 2.24) is 24.7 Å². The van der Waals surface area contributed by atoms with Crippen LogP contribution in [0, 0.1) is 0 Å². The highest BCUT2D eigenvalue weighted by atomic mass is 35.5. The van der Waals surface area contributed by atoms with Crippen LogP contribution in [-0.2, 0) is 7.05 Å². The van der Waals surface area contributed by atoms with Crippen molar-refractivity contribution in [2.24, 2.45) is 7.05 Å². The van der Waals surface area contributed by atoms with Gasteiger partial charge in [-0.25, -0.2) is 19.6 Å². The highest BCUT2D eigenvalue weighted by Gasteiger charge is 2.05. The van der Waals surface area contributed by atoms with Gasteiger partial charge in [0.15, 0.2) is 5.82 Å². The number of rotatable bonds is 1. The van der Waals surface area contributed by atoms with E-state index < -0.39 is 0 Å². The standard InChI is InChI=1S/C7H6ClN5/c1-13-6(10-4-11-13)5-2-3-9-7(8)12-5/h2-4H,1H3. The highest BCUT2D eigenvalue weighted by Crippen LogP contribution is 2.12. The minimum absolute atomic E-state index is 0.209. The maximum absolute atomic E-state index is 5.63. The van der Waals surface area contributed by atoms with Crippen LogP contribution in [0.2, 0.25) is 5.28 Å². The van der Waals surface area contributed by atoms with E-state index in [2.05, 4.69) is 20.1 Å². The Kier molecular flexibility index (Phi) is 1.94. The van der Waals surface area contributed by atoms with Crippen molar-refractivity contribution in [2.75, 3.05) is 0 Å². The SMILES string of the molecule is Cn1ncnc1-c1ccnc(Cl)n1. The maximum atomic E-state index is 5.63. The summed E-state index contributed by atoms with van der Waals surface area (Å²) in [6.07, 6.45) is 3.05. The molecule has 0 saturated carbocycles. The van der Waals surface area contributed by atoms with Gasteiger partial charge < -0.3 is 0 Å². The van der Waals surface area contributed by atoms with E-state index in [0.717, 1.165) is 0 Å². The molecule has 2 rings (SSSR count). The van der Waals surface area contributed by atoms with Crippen LogP contribution in [0.1, 0.15) is 0 Å². The van der Waals surface area contributed by atoms with E-state index in [1.807, 2.05) is 0 Å². The molecule has 66 valence electrons. The molecule has 0 fully saturated rings. The molecule has 0 spiro atoms. The van der Waals surface area contributed by atoms with Crippen molar-refractivity contribution in [3.63, 3.8) is 0 Å². The summed E-state index contributed by atoms with van der Waals surface area (Å²) in [5.74, 6) is 0.671. The first-order chi connectivity index (χ1) is 6.27. The van der Waals surface area contributed by atoms with Gasteiger partial charge in [0.05, 0.1) is 0 Å². The molecule has 0 aliphatic heterocycles. The van der Waals surface area contributed by atoms with Gasteiger partial charge in [-0.15, -0.1) is 0 Å². The molecule has 13 heavy (non-hydrogen) atoms. The molecule has 2 heterocycles. The first kappa shape index (κ1) is 8.12. The van der Waals surface area contributed by atoms with Crippen LogP contribution >= 0.6 is 11.6 Å². The monoisotopic (exact) mass is 195 g/mol. The fourth-order valence-corrected chi connectivity index (χ4v) is 1.13. The van der Waals surface area contributed by atoms with Crippen LogP contribution in [0.3, 0.4) is 0 Å². The summed E-state index contributed by atoms with van der Waals surface area (Å²) in [4.78, 5) is 11.8. The lowest BCUT2D eigenvalue weighted by atomic mass is 10.4. The summed E-state index contributed by atoms with van der Waals surface area (Å²) in [7, 11) is 1.79. The summed E-state index contributed by atoms with van der Waals surface area (Å²) < 4.78 is 1.62. The molecule has 0 atom stereocenters. The van der Waals surface area contributed by atoms with E-state index in [4.69, 9.17) is 11.6 Å². The Hall–Kier alpha value is -1.49. The summed E-state index contributed by atoms with van der Waals surface area (Å²) in [5, 5.41) is 4.13. The van der Waals surface area contributed by atoms with E-state index in [1.54, 1.807) is 24.0 Å². The summed E-state index contributed by atoms with van der Waals surface area (Å²) in [6.45, 7) is 0. The molecule has 0 bridgehead atoms. The van der Waals surface area contributed by atoms with Crippen molar-refractivity contribution in [2.45, 2.75) is 0 Å². The molecule has 0 saturated heterocycles. The molecule has 0 radical (unpaired) electrons. The summed E-state index contributed by atoms with van der Waals surface area (Å²) in [5.41, 5.74) is 0.667. The Balaban J connectivity index is 2.53. The predicted octanol–water partition coefficient (Wildman–Crippen LogP) is 0.925. The van der Waals surface area contributed by atoms with E-state index in [9.17, 15) is 0 Å². The van der Waals surface area contributed by atoms with Crippen LogP contribution in [0.4, 0.5) is 0 Å². The molecule has 6 heteroatoms. The molecule has 0 unspecified atom stereocenters. The third-order valence-corrected chi connectivity index (χ3v) is 1.75. The van der Waals surface area contributed by atoms with Gasteiger partial charge >= 0.3 is 0 Å². The predicted molar refractivity (Wildman–Crippen MR) is 47.0 cm³/mol. The Morgan fingerprint density at radius 1 is 1.38 bits per heavy atom. The number of nitrogens with zero attached hydrogens (tertiary/aromatic N) is 5. The van der Waals surface area contributed by atoms with Gasteiger partial charge in [-0.1, -0.05) is 0 Å². The van der Waals surface area contributed by atoms with Crippen molar-refractivity contribution in [1.29, 1.82) is 0 Å². The Labute approximate surface area is 79.4 Å². The molecular formula is C7H6ClN5. The van der Waals surface area contributed by atoms with Gasteiger partial charge in [0.1, 0.15) is 12.0 Å². The third-order valence-electron chi connectivity index (χ3n) is 1.57. The fourth-order valence-electron chi connectivity index (χ4n) is 0.988. The summed E-state index contributed by atoms with van der Waals surface area (Å²) in [6, 6.07) is 1.73. The van der Waals surface area contributed by atoms with E-state index >= 15 is 0 Å². The molecule has 0 amide bonds. The zero-order valence-corrected chi connectivity index (χ0v) is 7.60. The van der Waals surface area contributed by atoms with Gasteiger partial charge in [-0.3, -0.25) is 0 Å². The van der Waals surface area contributed by atoms with Gasteiger partial charge in [-0.2, -0.15) is 5.10 Å². The third kappa shape index (κ3) is 1.50. The number of hydrogen-bond acceptors (Lipinski definition) is 4. The highest BCUT2D eigenvalue weighted by molar-refractivity contribution is 6.28. The van der Waals surface area contributed by atoms with Crippen molar-refractivity contribution >= 4 is 11.6 Å². The zero-order chi connectivity index (χ0) is 9.26. The smallest absolute Gasteiger partial charge is 0.222 e. The molecule has 2 aromatic heterocycles. The molecule has 0 aliphatic rings. The van der Waals surface area contributed by atoms with Gasteiger partial charge in [0.25, 0.3) is 0 Å². The first-order valence-corrected chi connectivity index (χ1v) is 3.98. The van der Waals surface area contributed by atoms with Crippen LogP contribution < -0.4 is 0 Å². The van der Waals surface area contributed by atoms with Gasteiger partial charge in [0, 0.05) is 13.2 Å². The lowest BCUT2D eigenvalue weighted by Crippen LogP contribution is -1.96. The minimum Gasteiger partial charge on any atom is -0.248 e. The minimum atomic E-state index is 0.209. The Morgan fingerprint density at radius 2 is 2.23 bits per heavy atom. The number of aryl methyl sites for hydroxylation is 1. The number of aromatic nitrogens is 5. The lowest BCUT2D eigenvalue weighted by molar-refractivity contribution is 0.771. The molecule has 0 aliphatic carbocycles. The largest absolute Gasteiger partial charge is 0.248 e. The van der Waals surface area contributed by atoms with E-state index in [-0.39, 0.29) is 5.28 Å². The molecule has 2 aromatic rings.